The van der Waals surface area contributed by atoms with Gasteiger partial charge in [-0.3, -0.25) is 0 Å². The first-order valence-electron chi connectivity index (χ1n) is 7.42. The average molecular weight is 297 g/mol. The maximum atomic E-state index is 6.03. The van der Waals surface area contributed by atoms with Gasteiger partial charge >= 0.3 is 7.12 Å². The number of benzene rings is 1. The third-order valence-corrected chi connectivity index (χ3v) is 4.27. The molecule has 1 aromatic carbocycles. The molecule has 0 radical (unpaired) electrons. The van der Waals surface area contributed by atoms with E-state index in [1.165, 1.54) is 0 Å². The second-order valence-electron chi connectivity index (χ2n) is 6.43. The van der Waals surface area contributed by atoms with Crippen LogP contribution in [0.2, 0.25) is 0 Å². The molecule has 0 unspecified atom stereocenters. The van der Waals surface area contributed by atoms with Gasteiger partial charge in [0.2, 0.25) is 5.88 Å². The molecular weight excluding hydrogens is 277 g/mol. The molecule has 2 aromatic rings. The normalized spacial score (nSPS) is 19.2. The van der Waals surface area contributed by atoms with Crippen molar-refractivity contribution in [3.05, 3.63) is 48.7 Å². The molecule has 0 saturated carbocycles. The van der Waals surface area contributed by atoms with Crippen molar-refractivity contribution >= 4 is 12.6 Å². The quantitative estimate of drug-likeness (QED) is 0.816. The van der Waals surface area contributed by atoms with Gasteiger partial charge in [0.25, 0.3) is 0 Å². The molecule has 1 aliphatic heterocycles. The van der Waals surface area contributed by atoms with Crippen LogP contribution in [0, 0.1) is 0 Å². The minimum atomic E-state index is -0.353. The molecule has 0 bridgehead atoms. The highest BCUT2D eigenvalue weighted by Crippen LogP contribution is 2.36. The van der Waals surface area contributed by atoms with E-state index in [2.05, 4.69) is 4.98 Å². The number of aromatic nitrogens is 1. The van der Waals surface area contributed by atoms with Crippen LogP contribution >= 0.6 is 0 Å². The van der Waals surface area contributed by atoms with Crippen LogP contribution in [-0.2, 0) is 9.31 Å². The summed E-state index contributed by atoms with van der Waals surface area (Å²) in [6.45, 7) is 8.19. The summed E-state index contributed by atoms with van der Waals surface area (Å²) in [5.74, 6) is 1.31. The Morgan fingerprint density at radius 1 is 0.909 bits per heavy atom. The van der Waals surface area contributed by atoms with Crippen molar-refractivity contribution in [2.45, 2.75) is 38.9 Å². The highest BCUT2D eigenvalue weighted by Gasteiger charge is 2.51. The van der Waals surface area contributed by atoms with Crippen molar-refractivity contribution in [1.82, 2.24) is 4.98 Å². The van der Waals surface area contributed by atoms with Gasteiger partial charge in [0.15, 0.2) is 0 Å². The van der Waals surface area contributed by atoms with Crippen LogP contribution in [0.4, 0.5) is 0 Å². The van der Waals surface area contributed by atoms with Crippen LogP contribution in [0.15, 0.2) is 48.7 Å². The lowest BCUT2D eigenvalue weighted by molar-refractivity contribution is 0.00578. The van der Waals surface area contributed by atoms with Gasteiger partial charge in [-0.2, -0.15) is 0 Å². The van der Waals surface area contributed by atoms with Crippen LogP contribution in [-0.4, -0.2) is 23.3 Å². The summed E-state index contributed by atoms with van der Waals surface area (Å²) in [7, 11) is -0.353. The zero-order valence-electron chi connectivity index (χ0n) is 13.4. The van der Waals surface area contributed by atoms with E-state index in [0.717, 1.165) is 11.2 Å². The number of nitrogens with zero attached hydrogens (tertiary/aromatic N) is 1. The Hall–Kier alpha value is -1.85. The smallest absolute Gasteiger partial charge is 0.439 e. The molecule has 0 spiro atoms. The topological polar surface area (TPSA) is 40.6 Å². The summed E-state index contributed by atoms with van der Waals surface area (Å²) in [6, 6.07) is 13.3. The number of pyridine rings is 1. The molecule has 1 fully saturated rings. The van der Waals surface area contributed by atoms with E-state index in [1.807, 2.05) is 70.2 Å². The third-order valence-electron chi connectivity index (χ3n) is 4.27. The molecule has 114 valence electrons. The summed E-state index contributed by atoms with van der Waals surface area (Å²) >= 11 is 0. The molecule has 1 saturated heterocycles. The van der Waals surface area contributed by atoms with Crippen LogP contribution in [0.3, 0.4) is 0 Å². The van der Waals surface area contributed by atoms with Gasteiger partial charge in [-0.15, -0.1) is 0 Å². The van der Waals surface area contributed by atoms with E-state index < -0.39 is 0 Å². The molecule has 0 N–H and O–H groups in total. The van der Waals surface area contributed by atoms with E-state index in [4.69, 9.17) is 14.0 Å². The molecule has 0 aliphatic carbocycles. The van der Waals surface area contributed by atoms with E-state index in [9.17, 15) is 0 Å². The molecule has 1 aromatic heterocycles. The zero-order chi connectivity index (χ0) is 15.8. The van der Waals surface area contributed by atoms with E-state index in [-0.39, 0.29) is 18.3 Å². The van der Waals surface area contributed by atoms with Crippen LogP contribution in [0.5, 0.6) is 11.6 Å². The van der Waals surface area contributed by atoms with Crippen LogP contribution in [0.1, 0.15) is 27.7 Å². The number of hydrogen-bond donors (Lipinski definition) is 0. The average Bonchev–Trinajstić information content (AvgIpc) is 2.69. The summed E-state index contributed by atoms with van der Waals surface area (Å²) < 4.78 is 17.8. The molecule has 2 heterocycles. The molecule has 3 rings (SSSR count). The van der Waals surface area contributed by atoms with Crippen molar-refractivity contribution in [1.29, 1.82) is 0 Å². The Balaban J connectivity index is 1.73. The highest BCUT2D eigenvalue weighted by atomic mass is 16.7. The van der Waals surface area contributed by atoms with Crippen molar-refractivity contribution in [2.75, 3.05) is 0 Å². The van der Waals surface area contributed by atoms with Crippen LogP contribution in [0.25, 0.3) is 0 Å². The second-order valence-corrected chi connectivity index (χ2v) is 6.43. The summed E-state index contributed by atoms with van der Waals surface area (Å²) in [6.07, 6.45) is 1.70. The fourth-order valence-corrected chi connectivity index (χ4v) is 2.20. The largest absolute Gasteiger partial charge is 0.494 e. The van der Waals surface area contributed by atoms with Crippen molar-refractivity contribution in [2.24, 2.45) is 0 Å². The number of ether oxygens (including phenoxy) is 1. The van der Waals surface area contributed by atoms with Gasteiger partial charge in [-0.25, -0.2) is 4.98 Å². The lowest BCUT2D eigenvalue weighted by Gasteiger charge is -2.32. The third kappa shape index (κ3) is 2.87. The number of rotatable bonds is 3. The first kappa shape index (κ1) is 15.1. The highest BCUT2D eigenvalue weighted by molar-refractivity contribution is 6.62. The SMILES string of the molecule is CC1(C)OB(c2ccc(Oc3ccccn3)cc2)OC1(C)C. The lowest BCUT2D eigenvalue weighted by atomic mass is 9.79. The van der Waals surface area contributed by atoms with E-state index >= 15 is 0 Å². The first-order chi connectivity index (χ1) is 10.4. The molecule has 5 heteroatoms. The Kier molecular flexibility index (Phi) is 3.71. The van der Waals surface area contributed by atoms with E-state index in [0.29, 0.717) is 5.88 Å². The van der Waals surface area contributed by atoms with Gasteiger partial charge in [0.05, 0.1) is 11.2 Å². The van der Waals surface area contributed by atoms with Gasteiger partial charge in [0.1, 0.15) is 5.75 Å². The van der Waals surface area contributed by atoms with Gasteiger partial charge in [0, 0.05) is 12.3 Å². The predicted octanol–water partition coefficient (Wildman–Crippen LogP) is 3.17. The standard InChI is InChI=1S/C17H20BNO3/c1-16(2)17(3,4)22-18(21-16)13-8-10-14(11-9-13)20-15-7-5-6-12-19-15/h5-12H,1-4H3. The summed E-state index contributed by atoms with van der Waals surface area (Å²) in [5, 5.41) is 0. The van der Waals surface area contributed by atoms with Crippen molar-refractivity contribution in [3.8, 4) is 11.6 Å². The Morgan fingerprint density at radius 3 is 2.09 bits per heavy atom. The number of hydrogen-bond acceptors (Lipinski definition) is 4. The molecule has 0 atom stereocenters. The predicted molar refractivity (Wildman–Crippen MR) is 86.5 cm³/mol. The second kappa shape index (κ2) is 5.41. The summed E-state index contributed by atoms with van der Waals surface area (Å²) in [5.41, 5.74) is 0.314. The summed E-state index contributed by atoms with van der Waals surface area (Å²) in [4.78, 5) is 4.14. The van der Waals surface area contributed by atoms with Gasteiger partial charge < -0.3 is 14.0 Å². The van der Waals surface area contributed by atoms with Crippen molar-refractivity contribution in [3.63, 3.8) is 0 Å². The van der Waals surface area contributed by atoms with Gasteiger partial charge in [-0.1, -0.05) is 18.2 Å². The fraction of sp³-hybridized carbons (Fsp3) is 0.353. The first-order valence-corrected chi connectivity index (χ1v) is 7.42. The Morgan fingerprint density at radius 2 is 1.55 bits per heavy atom. The maximum absolute atomic E-state index is 6.03. The zero-order valence-corrected chi connectivity index (χ0v) is 13.4. The van der Waals surface area contributed by atoms with Gasteiger partial charge in [-0.05, 0) is 51.4 Å². The Labute approximate surface area is 131 Å². The minimum Gasteiger partial charge on any atom is -0.439 e. The maximum Gasteiger partial charge on any atom is 0.494 e. The van der Waals surface area contributed by atoms with E-state index in [1.54, 1.807) is 6.20 Å². The monoisotopic (exact) mass is 297 g/mol. The molecular formula is C17H20BNO3. The minimum absolute atomic E-state index is 0.333. The van der Waals surface area contributed by atoms with Crippen molar-refractivity contribution < 1.29 is 14.0 Å². The Bertz CT molecular complexity index is 625. The lowest BCUT2D eigenvalue weighted by Crippen LogP contribution is -2.41. The molecule has 0 amide bonds. The molecule has 1 aliphatic rings. The molecule has 4 nitrogen and oxygen atoms in total. The van der Waals surface area contributed by atoms with Crippen LogP contribution < -0.4 is 10.2 Å². The fourth-order valence-electron chi connectivity index (χ4n) is 2.20. The molecule has 22 heavy (non-hydrogen) atoms.